The van der Waals surface area contributed by atoms with Crippen molar-refractivity contribution in [2.24, 2.45) is 0 Å². The van der Waals surface area contributed by atoms with Gasteiger partial charge in [0.15, 0.2) is 12.4 Å². The van der Waals surface area contributed by atoms with E-state index in [1.807, 2.05) is 43.0 Å². The second-order valence-electron chi connectivity index (χ2n) is 8.40. The highest BCUT2D eigenvalue weighted by Gasteiger charge is 2.23. The van der Waals surface area contributed by atoms with Crippen molar-refractivity contribution in [3.63, 3.8) is 0 Å². The third kappa shape index (κ3) is 5.92. The molecule has 3 heterocycles. The molecule has 3 aromatic rings. The second kappa shape index (κ2) is 11.2. The molecule has 0 bridgehead atoms. The van der Waals surface area contributed by atoms with E-state index in [9.17, 15) is 14.4 Å². The number of ether oxygens (including phenoxy) is 1. The van der Waals surface area contributed by atoms with E-state index in [1.165, 1.54) is 17.6 Å². The van der Waals surface area contributed by atoms with E-state index < -0.39 is 0 Å². The maximum absolute atomic E-state index is 13.2. The van der Waals surface area contributed by atoms with Gasteiger partial charge in [0.05, 0.1) is 22.2 Å². The van der Waals surface area contributed by atoms with Gasteiger partial charge in [0.2, 0.25) is 0 Å². The van der Waals surface area contributed by atoms with Crippen LogP contribution in [0.5, 0.6) is 5.75 Å². The Kier molecular flexibility index (Phi) is 7.87. The molecule has 1 atom stereocenters. The standard InChI is InChI=1S/C26H29N3O5S/c1-3-19(18-9-4-5-10-20(18)34-16-23(30)29-12-6-7-13-29)27-26(32)24-17(2)15-22(35-24)28-25(31)21-11-8-14-33-21/h4-5,8-11,14-15,19H,3,6-7,12-13,16H2,1-2H3,(H,27,32)(H,28,31). The summed E-state index contributed by atoms with van der Waals surface area (Å²) in [5.41, 5.74) is 1.58. The molecule has 184 valence electrons. The predicted octanol–water partition coefficient (Wildman–Crippen LogP) is 4.78. The third-order valence-corrected chi connectivity index (χ3v) is 7.07. The van der Waals surface area contributed by atoms with Gasteiger partial charge < -0.3 is 24.7 Å². The Bertz CT molecular complexity index is 1180. The maximum Gasteiger partial charge on any atom is 0.291 e. The average Bonchev–Trinajstić information content (AvgIpc) is 3.63. The number of amides is 3. The molecule has 9 heteroatoms. The molecule has 1 fully saturated rings. The van der Waals surface area contributed by atoms with Crippen molar-refractivity contribution in [3.05, 3.63) is 70.5 Å². The van der Waals surface area contributed by atoms with E-state index in [0.29, 0.717) is 22.0 Å². The molecule has 1 aromatic carbocycles. The fourth-order valence-electron chi connectivity index (χ4n) is 4.07. The Balaban J connectivity index is 1.43. The van der Waals surface area contributed by atoms with Crippen LogP contribution in [-0.2, 0) is 4.79 Å². The summed E-state index contributed by atoms with van der Waals surface area (Å²) in [7, 11) is 0. The van der Waals surface area contributed by atoms with E-state index >= 15 is 0 Å². The zero-order valence-corrected chi connectivity index (χ0v) is 20.7. The highest BCUT2D eigenvalue weighted by atomic mass is 32.1. The number of para-hydroxylation sites is 1. The van der Waals surface area contributed by atoms with Gasteiger partial charge in [0, 0.05) is 18.7 Å². The molecule has 2 aromatic heterocycles. The summed E-state index contributed by atoms with van der Waals surface area (Å²) < 4.78 is 11.0. The second-order valence-corrected chi connectivity index (χ2v) is 9.46. The first-order chi connectivity index (χ1) is 17.0. The summed E-state index contributed by atoms with van der Waals surface area (Å²) in [5.74, 6) is 0.159. The summed E-state index contributed by atoms with van der Waals surface area (Å²) in [6.45, 7) is 5.34. The Hall–Kier alpha value is -3.59. The molecule has 0 aliphatic carbocycles. The quantitative estimate of drug-likeness (QED) is 0.445. The summed E-state index contributed by atoms with van der Waals surface area (Å²) >= 11 is 1.21. The molecule has 3 amide bonds. The minimum atomic E-state index is -0.371. The maximum atomic E-state index is 13.2. The van der Waals surface area contributed by atoms with Crippen LogP contribution in [0.15, 0.2) is 53.1 Å². The Labute approximate surface area is 208 Å². The van der Waals surface area contributed by atoms with E-state index in [1.54, 1.807) is 18.2 Å². The van der Waals surface area contributed by atoms with Gasteiger partial charge in [-0.1, -0.05) is 25.1 Å². The normalized spacial score (nSPS) is 13.9. The molecule has 35 heavy (non-hydrogen) atoms. The summed E-state index contributed by atoms with van der Waals surface area (Å²) in [6.07, 6.45) is 4.13. The number of carbonyl (C=O) groups is 3. The number of rotatable bonds is 9. The smallest absolute Gasteiger partial charge is 0.291 e. The number of anilines is 1. The van der Waals surface area contributed by atoms with E-state index in [-0.39, 0.29) is 36.1 Å². The number of benzene rings is 1. The number of nitrogens with zero attached hydrogens (tertiary/aromatic N) is 1. The van der Waals surface area contributed by atoms with Crippen LogP contribution in [0, 0.1) is 6.92 Å². The lowest BCUT2D eigenvalue weighted by Crippen LogP contribution is -2.32. The van der Waals surface area contributed by atoms with Crippen LogP contribution < -0.4 is 15.4 Å². The Morgan fingerprint density at radius 2 is 1.89 bits per heavy atom. The van der Waals surface area contributed by atoms with Gasteiger partial charge in [-0.3, -0.25) is 14.4 Å². The zero-order valence-electron chi connectivity index (χ0n) is 19.8. The first kappa shape index (κ1) is 24.5. The van der Waals surface area contributed by atoms with Gasteiger partial charge in [0.25, 0.3) is 17.7 Å². The Morgan fingerprint density at radius 1 is 1.11 bits per heavy atom. The van der Waals surface area contributed by atoms with Crippen molar-refractivity contribution in [1.82, 2.24) is 10.2 Å². The molecule has 4 rings (SSSR count). The molecule has 0 spiro atoms. The van der Waals surface area contributed by atoms with Crippen molar-refractivity contribution < 1.29 is 23.5 Å². The van der Waals surface area contributed by atoms with Crippen LogP contribution >= 0.6 is 11.3 Å². The lowest BCUT2D eigenvalue weighted by atomic mass is 10.0. The van der Waals surface area contributed by atoms with E-state index in [4.69, 9.17) is 9.15 Å². The van der Waals surface area contributed by atoms with Crippen molar-refractivity contribution in [2.75, 3.05) is 25.0 Å². The molecule has 1 aliphatic heterocycles. The lowest BCUT2D eigenvalue weighted by Gasteiger charge is -2.21. The van der Waals surface area contributed by atoms with Crippen molar-refractivity contribution in [3.8, 4) is 5.75 Å². The highest BCUT2D eigenvalue weighted by Crippen LogP contribution is 2.31. The largest absolute Gasteiger partial charge is 0.483 e. The zero-order chi connectivity index (χ0) is 24.8. The number of aryl methyl sites for hydroxylation is 1. The molecule has 0 radical (unpaired) electrons. The number of furan rings is 1. The summed E-state index contributed by atoms with van der Waals surface area (Å²) in [6, 6.07) is 12.1. The molecular formula is C26H29N3O5S. The monoisotopic (exact) mass is 495 g/mol. The van der Waals surface area contributed by atoms with Gasteiger partial charge >= 0.3 is 0 Å². The third-order valence-electron chi connectivity index (χ3n) is 5.92. The minimum absolute atomic E-state index is 0.0206. The molecule has 0 saturated carbocycles. The molecule has 8 nitrogen and oxygen atoms in total. The van der Waals surface area contributed by atoms with Crippen LogP contribution in [-0.4, -0.2) is 42.3 Å². The van der Waals surface area contributed by atoms with Gasteiger partial charge in [-0.25, -0.2) is 0 Å². The van der Waals surface area contributed by atoms with Crippen molar-refractivity contribution in [1.29, 1.82) is 0 Å². The van der Waals surface area contributed by atoms with Crippen molar-refractivity contribution in [2.45, 2.75) is 39.2 Å². The summed E-state index contributed by atoms with van der Waals surface area (Å²) in [5, 5.41) is 6.41. The van der Waals surface area contributed by atoms with Gasteiger partial charge in [-0.15, -0.1) is 11.3 Å². The van der Waals surface area contributed by atoms with E-state index in [0.717, 1.165) is 37.1 Å². The molecule has 1 unspecified atom stereocenters. The van der Waals surface area contributed by atoms with Gasteiger partial charge in [-0.2, -0.15) is 0 Å². The first-order valence-electron chi connectivity index (χ1n) is 11.7. The van der Waals surface area contributed by atoms with Crippen molar-refractivity contribution >= 4 is 34.1 Å². The predicted molar refractivity (Wildman–Crippen MR) is 134 cm³/mol. The number of likely N-dealkylation sites (tertiary alicyclic amines) is 1. The number of hydrogen-bond donors (Lipinski definition) is 2. The van der Waals surface area contributed by atoms with Gasteiger partial charge in [0.1, 0.15) is 5.75 Å². The first-order valence-corrected chi connectivity index (χ1v) is 12.5. The fourth-order valence-corrected chi connectivity index (χ4v) is 5.04. The number of carbonyl (C=O) groups excluding carboxylic acids is 3. The van der Waals surface area contributed by atoms with Crippen LogP contribution in [0.1, 0.15) is 63.6 Å². The SMILES string of the molecule is CCC(NC(=O)c1sc(NC(=O)c2ccco2)cc1C)c1ccccc1OCC(=O)N1CCCC1. The highest BCUT2D eigenvalue weighted by molar-refractivity contribution is 7.18. The number of hydrogen-bond acceptors (Lipinski definition) is 6. The number of thiophene rings is 1. The van der Waals surface area contributed by atoms with Crippen LogP contribution in [0.3, 0.4) is 0 Å². The molecule has 1 saturated heterocycles. The topological polar surface area (TPSA) is 101 Å². The van der Waals surface area contributed by atoms with E-state index in [2.05, 4.69) is 10.6 Å². The van der Waals surface area contributed by atoms with Crippen LogP contribution in [0.2, 0.25) is 0 Å². The van der Waals surface area contributed by atoms with Gasteiger partial charge in [-0.05, 0) is 56.0 Å². The van der Waals surface area contributed by atoms with Crippen LogP contribution in [0.25, 0.3) is 0 Å². The average molecular weight is 496 g/mol. The Morgan fingerprint density at radius 3 is 2.60 bits per heavy atom. The minimum Gasteiger partial charge on any atom is -0.483 e. The molecule has 1 aliphatic rings. The number of nitrogens with one attached hydrogen (secondary N) is 2. The summed E-state index contributed by atoms with van der Waals surface area (Å²) in [4.78, 5) is 40.2. The molecular weight excluding hydrogens is 466 g/mol. The fraction of sp³-hybridized carbons (Fsp3) is 0.346. The lowest BCUT2D eigenvalue weighted by molar-refractivity contribution is -0.132. The van der Waals surface area contributed by atoms with Crippen LogP contribution in [0.4, 0.5) is 5.00 Å². The molecule has 2 N–H and O–H groups in total.